The maximum atomic E-state index is 11.4. The summed E-state index contributed by atoms with van der Waals surface area (Å²) in [6.45, 7) is 0. The quantitative estimate of drug-likeness (QED) is 0.795. The van der Waals surface area contributed by atoms with E-state index in [2.05, 4.69) is 31.9 Å². The average Bonchev–Trinajstić information content (AvgIpc) is 2.18. The van der Waals surface area contributed by atoms with Gasteiger partial charge in [-0.1, -0.05) is 15.9 Å². The number of hydrogen-bond donors (Lipinski definition) is 0. The normalized spacial score (nSPS) is 9.58. The van der Waals surface area contributed by atoms with Crippen molar-refractivity contribution >= 4 is 31.9 Å². The van der Waals surface area contributed by atoms with Gasteiger partial charge in [-0.15, -0.1) is 0 Å². The summed E-state index contributed by atoms with van der Waals surface area (Å²) in [5.41, 5.74) is -0.150. The summed E-state index contributed by atoms with van der Waals surface area (Å²) in [6.07, 6.45) is 0. The molecule has 1 aromatic rings. The molecule has 2 nitrogen and oxygen atoms in total. The van der Waals surface area contributed by atoms with Gasteiger partial charge >= 0.3 is 0 Å². The molecule has 0 N–H and O–H groups in total. The highest BCUT2D eigenvalue weighted by atomic mass is 79.9. The largest absolute Gasteiger partial charge is 0.493 e. The highest BCUT2D eigenvalue weighted by Crippen LogP contribution is 2.15. The third kappa shape index (κ3) is 2.08. The van der Waals surface area contributed by atoms with Crippen molar-refractivity contribution in [2.24, 2.45) is 0 Å². The van der Waals surface area contributed by atoms with Gasteiger partial charge < -0.3 is 4.74 Å². The fraction of sp³-hybridized carbons (Fsp3) is 0.125. The van der Waals surface area contributed by atoms with E-state index in [4.69, 9.17) is 4.74 Å². The first-order chi connectivity index (χ1) is 5.65. The van der Waals surface area contributed by atoms with Crippen molar-refractivity contribution in [3.63, 3.8) is 0 Å². The molecule has 0 atom stereocenters. The van der Waals surface area contributed by atoms with Crippen LogP contribution in [0.4, 0.5) is 0 Å². The number of methoxy groups -OCH3 is 1. The van der Waals surface area contributed by atoms with Crippen LogP contribution < -0.4 is 10.2 Å². The minimum atomic E-state index is -0.150. The fourth-order valence-corrected chi connectivity index (χ4v) is 1.40. The molecule has 0 bridgehead atoms. The first-order valence-corrected chi connectivity index (χ1v) is 4.77. The lowest BCUT2D eigenvalue weighted by Gasteiger charge is -1.92. The van der Waals surface area contributed by atoms with Gasteiger partial charge in [0.15, 0.2) is 5.75 Å². The van der Waals surface area contributed by atoms with Crippen LogP contribution in [0.15, 0.2) is 31.9 Å². The van der Waals surface area contributed by atoms with Crippen LogP contribution in [0.5, 0.6) is 5.75 Å². The summed E-state index contributed by atoms with van der Waals surface area (Å²) in [5.74, 6) is 0.318. The first-order valence-electron chi connectivity index (χ1n) is 3.18. The Morgan fingerprint density at radius 1 is 1.33 bits per heavy atom. The van der Waals surface area contributed by atoms with Gasteiger partial charge in [0.1, 0.15) is 0 Å². The highest BCUT2D eigenvalue weighted by molar-refractivity contribution is 9.11. The van der Waals surface area contributed by atoms with Crippen LogP contribution in [0.3, 0.4) is 0 Å². The standard InChI is InChI=1S/C8H6Br2O2/c1-12-7-4-5(9)2-3-6(10)8(7)11/h2-4H,1H3. The number of rotatable bonds is 1. The minimum Gasteiger partial charge on any atom is -0.493 e. The molecule has 4 heteroatoms. The van der Waals surface area contributed by atoms with Crippen LogP contribution in [0, 0.1) is 0 Å². The van der Waals surface area contributed by atoms with Crippen LogP contribution in [-0.4, -0.2) is 7.11 Å². The molecule has 1 aromatic carbocycles. The Kier molecular flexibility index (Phi) is 3.29. The van der Waals surface area contributed by atoms with Gasteiger partial charge in [0.05, 0.1) is 11.6 Å². The van der Waals surface area contributed by atoms with E-state index in [1.165, 1.54) is 7.11 Å². The van der Waals surface area contributed by atoms with E-state index in [9.17, 15) is 4.79 Å². The second kappa shape index (κ2) is 4.05. The van der Waals surface area contributed by atoms with Crippen molar-refractivity contribution < 1.29 is 4.74 Å². The van der Waals surface area contributed by atoms with E-state index in [1.807, 2.05) is 0 Å². The van der Waals surface area contributed by atoms with Crippen LogP contribution >= 0.6 is 31.9 Å². The van der Waals surface area contributed by atoms with Gasteiger partial charge in [-0.3, -0.25) is 4.79 Å². The van der Waals surface area contributed by atoms with Gasteiger partial charge in [-0.05, 0) is 34.1 Å². The van der Waals surface area contributed by atoms with E-state index in [0.29, 0.717) is 10.2 Å². The zero-order chi connectivity index (χ0) is 9.14. The average molecular weight is 294 g/mol. The van der Waals surface area contributed by atoms with Crippen molar-refractivity contribution in [2.75, 3.05) is 7.11 Å². The Morgan fingerprint density at radius 3 is 2.58 bits per heavy atom. The van der Waals surface area contributed by atoms with E-state index >= 15 is 0 Å². The summed E-state index contributed by atoms with van der Waals surface area (Å²) in [4.78, 5) is 11.4. The third-order valence-electron chi connectivity index (χ3n) is 1.32. The molecule has 0 radical (unpaired) electrons. The lowest BCUT2D eigenvalue weighted by Crippen LogP contribution is -2.01. The molecule has 0 aliphatic carbocycles. The Morgan fingerprint density at radius 2 is 2.00 bits per heavy atom. The monoisotopic (exact) mass is 292 g/mol. The van der Waals surface area contributed by atoms with Gasteiger partial charge in [0, 0.05) is 4.47 Å². The van der Waals surface area contributed by atoms with Crippen molar-refractivity contribution in [3.8, 4) is 5.75 Å². The molecule has 0 unspecified atom stereocenters. The molecule has 0 fully saturated rings. The van der Waals surface area contributed by atoms with E-state index in [1.54, 1.807) is 18.2 Å². The fourth-order valence-electron chi connectivity index (χ4n) is 0.737. The Labute approximate surface area is 86.8 Å². The van der Waals surface area contributed by atoms with E-state index < -0.39 is 0 Å². The zero-order valence-electron chi connectivity index (χ0n) is 6.30. The lowest BCUT2D eigenvalue weighted by atomic mass is 10.5. The summed E-state index contributed by atoms with van der Waals surface area (Å²) in [6, 6.07) is 5.08. The Hall–Kier alpha value is -0.350. The molecular weight excluding hydrogens is 288 g/mol. The van der Waals surface area contributed by atoms with Crippen LogP contribution in [0.1, 0.15) is 0 Å². The summed E-state index contributed by atoms with van der Waals surface area (Å²) < 4.78 is 6.19. The van der Waals surface area contributed by atoms with E-state index in [-0.39, 0.29) is 5.43 Å². The van der Waals surface area contributed by atoms with Crippen LogP contribution in [0.2, 0.25) is 0 Å². The molecule has 1 rings (SSSR count). The SMILES string of the molecule is COc1cc(Br)ccc(Br)c1=O. The molecule has 64 valence electrons. The molecule has 0 amide bonds. The maximum Gasteiger partial charge on any atom is 0.234 e. The first kappa shape index (κ1) is 9.74. The van der Waals surface area contributed by atoms with Crippen molar-refractivity contribution in [2.45, 2.75) is 0 Å². The molecule has 0 aromatic heterocycles. The predicted molar refractivity (Wildman–Crippen MR) is 54.7 cm³/mol. The minimum absolute atomic E-state index is 0.150. The Bertz CT molecular complexity index is 350. The maximum absolute atomic E-state index is 11.4. The molecular formula is C8H6Br2O2. The molecule has 0 saturated carbocycles. The lowest BCUT2D eigenvalue weighted by molar-refractivity contribution is 0.411. The second-order valence-electron chi connectivity index (χ2n) is 2.11. The smallest absolute Gasteiger partial charge is 0.234 e. The van der Waals surface area contributed by atoms with Crippen molar-refractivity contribution in [1.29, 1.82) is 0 Å². The van der Waals surface area contributed by atoms with Crippen molar-refractivity contribution in [3.05, 3.63) is 37.4 Å². The Balaban J connectivity index is 3.50. The molecule has 0 aliphatic heterocycles. The van der Waals surface area contributed by atoms with Gasteiger partial charge in [-0.2, -0.15) is 0 Å². The van der Waals surface area contributed by atoms with Gasteiger partial charge in [0.2, 0.25) is 5.43 Å². The molecule has 0 aliphatic rings. The summed E-state index contributed by atoms with van der Waals surface area (Å²) in [5, 5.41) is 0. The van der Waals surface area contributed by atoms with Gasteiger partial charge in [-0.25, -0.2) is 0 Å². The third-order valence-corrected chi connectivity index (χ3v) is 2.44. The topological polar surface area (TPSA) is 26.3 Å². The second-order valence-corrected chi connectivity index (χ2v) is 3.88. The summed E-state index contributed by atoms with van der Waals surface area (Å²) in [7, 11) is 1.47. The van der Waals surface area contributed by atoms with Crippen LogP contribution in [-0.2, 0) is 0 Å². The van der Waals surface area contributed by atoms with E-state index in [0.717, 1.165) is 4.47 Å². The number of ether oxygens (including phenoxy) is 1. The molecule has 12 heavy (non-hydrogen) atoms. The number of hydrogen-bond acceptors (Lipinski definition) is 2. The molecule has 0 spiro atoms. The predicted octanol–water partition coefficient (Wildman–Crippen LogP) is 2.58. The molecule has 0 heterocycles. The summed E-state index contributed by atoms with van der Waals surface area (Å²) >= 11 is 6.40. The zero-order valence-corrected chi connectivity index (χ0v) is 9.48. The number of halogens is 2. The molecule has 0 saturated heterocycles. The van der Waals surface area contributed by atoms with Crippen LogP contribution in [0.25, 0.3) is 0 Å². The van der Waals surface area contributed by atoms with Crippen molar-refractivity contribution in [1.82, 2.24) is 0 Å². The van der Waals surface area contributed by atoms with Gasteiger partial charge in [0.25, 0.3) is 0 Å². The highest BCUT2D eigenvalue weighted by Gasteiger charge is 2.01.